The minimum Gasteiger partial charge on any atom is -0.325 e. The Morgan fingerprint density at radius 2 is 1.62 bits per heavy atom. The summed E-state index contributed by atoms with van der Waals surface area (Å²) in [4.78, 5) is 12.3. The summed E-state index contributed by atoms with van der Waals surface area (Å²) in [5.41, 5.74) is 2.50. The van der Waals surface area contributed by atoms with Crippen LogP contribution in [0, 0.1) is 0 Å². The molecule has 0 aliphatic rings. The van der Waals surface area contributed by atoms with Gasteiger partial charge >= 0.3 is 0 Å². The van der Waals surface area contributed by atoms with Crippen LogP contribution < -0.4 is 5.32 Å². The third kappa shape index (κ3) is 5.20. The number of anilines is 1. The second-order valence-electron chi connectivity index (χ2n) is 5.91. The Hall–Kier alpha value is -2.14. The SMILES string of the molecule is CCCCc1ccc(CC(=O)Nc2ccccc2S(C)(=O)=O)cc1. The van der Waals surface area contributed by atoms with Crippen LogP contribution in [0.25, 0.3) is 0 Å². The number of para-hydroxylation sites is 1. The topological polar surface area (TPSA) is 63.2 Å². The molecule has 0 fully saturated rings. The average Bonchev–Trinajstić information content (AvgIpc) is 2.53. The van der Waals surface area contributed by atoms with Crippen LogP contribution >= 0.6 is 0 Å². The number of hydrogen-bond donors (Lipinski definition) is 1. The fourth-order valence-electron chi connectivity index (χ4n) is 2.48. The summed E-state index contributed by atoms with van der Waals surface area (Å²) < 4.78 is 23.5. The molecule has 0 bridgehead atoms. The van der Waals surface area contributed by atoms with Gasteiger partial charge in [-0.15, -0.1) is 0 Å². The van der Waals surface area contributed by atoms with E-state index in [1.807, 2.05) is 24.3 Å². The quantitative estimate of drug-likeness (QED) is 0.834. The summed E-state index contributed by atoms with van der Waals surface area (Å²) in [5.74, 6) is -0.229. The van der Waals surface area contributed by atoms with Crippen LogP contribution in [0.1, 0.15) is 30.9 Å². The van der Waals surface area contributed by atoms with Crippen LogP contribution in [0.15, 0.2) is 53.4 Å². The molecule has 2 aromatic carbocycles. The molecule has 24 heavy (non-hydrogen) atoms. The minimum absolute atomic E-state index is 0.133. The lowest BCUT2D eigenvalue weighted by Gasteiger charge is -2.10. The van der Waals surface area contributed by atoms with E-state index < -0.39 is 9.84 Å². The normalized spacial score (nSPS) is 11.2. The second-order valence-corrected chi connectivity index (χ2v) is 7.90. The Kier molecular flexibility index (Phi) is 6.15. The number of carbonyl (C=O) groups excluding carboxylic acids is 1. The number of amides is 1. The first kappa shape index (κ1) is 18.2. The summed E-state index contributed by atoms with van der Waals surface area (Å²) in [7, 11) is -3.38. The highest BCUT2D eigenvalue weighted by Crippen LogP contribution is 2.20. The van der Waals surface area contributed by atoms with E-state index in [2.05, 4.69) is 12.2 Å². The molecule has 128 valence electrons. The largest absolute Gasteiger partial charge is 0.325 e. The molecule has 4 nitrogen and oxygen atoms in total. The van der Waals surface area contributed by atoms with Crippen molar-refractivity contribution in [2.24, 2.45) is 0 Å². The predicted octanol–water partition coefficient (Wildman–Crippen LogP) is 3.61. The van der Waals surface area contributed by atoms with Gasteiger partial charge in [0.1, 0.15) is 0 Å². The summed E-state index contributed by atoms with van der Waals surface area (Å²) >= 11 is 0. The molecule has 0 aliphatic heterocycles. The van der Waals surface area contributed by atoms with Crippen LogP contribution in [0.4, 0.5) is 5.69 Å². The van der Waals surface area contributed by atoms with Crippen LogP contribution in [-0.4, -0.2) is 20.6 Å². The molecule has 0 aliphatic carbocycles. The summed E-state index contributed by atoms with van der Waals surface area (Å²) in [6.07, 6.45) is 4.70. The molecule has 0 unspecified atom stereocenters. The monoisotopic (exact) mass is 345 g/mol. The zero-order chi connectivity index (χ0) is 17.6. The number of nitrogens with one attached hydrogen (secondary N) is 1. The van der Waals surface area contributed by atoms with Crippen molar-refractivity contribution in [3.05, 3.63) is 59.7 Å². The lowest BCUT2D eigenvalue weighted by molar-refractivity contribution is -0.115. The van der Waals surface area contributed by atoms with Crippen molar-refractivity contribution in [2.75, 3.05) is 11.6 Å². The first-order chi connectivity index (χ1) is 11.4. The molecule has 0 spiro atoms. The highest BCUT2D eigenvalue weighted by atomic mass is 32.2. The maximum Gasteiger partial charge on any atom is 0.228 e. The van der Waals surface area contributed by atoms with E-state index in [9.17, 15) is 13.2 Å². The number of benzene rings is 2. The molecule has 0 aromatic heterocycles. The molecule has 5 heteroatoms. The lowest BCUT2D eigenvalue weighted by atomic mass is 10.0. The van der Waals surface area contributed by atoms with Gasteiger partial charge in [0.2, 0.25) is 5.91 Å². The van der Waals surface area contributed by atoms with E-state index in [1.54, 1.807) is 18.2 Å². The van der Waals surface area contributed by atoms with Crippen LogP contribution in [0.2, 0.25) is 0 Å². The molecule has 1 N–H and O–H groups in total. The Morgan fingerprint density at radius 1 is 1.00 bits per heavy atom. The van der Waals surface area contributed by atoms with Crippen molar-refractivity contribution in [2.45, 2.75) is 37.5 Å². The lowest BCUT2D eigenvalue weighted by Crippen LogP contribution is -2.16. The van der Waals surface area contributed by atoms with Gasteiger partial charge in [0.05, 0.1) is 17.0 Å². The van der Waals surface area contributed by atoms with E-state index in [-0.39, 0.29) is 17.2 Å². The Balaban J connectivity index is 2.04. The first-order valence-electron chi connectivity index (χ1n) is 8.07. The van der Waals surface area contributed by atoms with Gasteiger partial charge in [0.15, 0.2) is 9.84 Å². The molecule has 0 atom stereocenters. The minimum atomic E-state index is -3.38. The van der Waals surface area contributed by atoms with Crippen molar-refractivity contribution in [3.8, 4) is 0 Å². The van der Waals surface area contributed by atoms with Gasteiger partial charge < -0.3 is 5.32 Å². The van der Waals surface area contributed by atoms with Crippen molar-refractivity contribution in [1.29, 1.82) is 0 Å². The molecule has 0 saturated carbocycles. The molecular formula is C19H23NO3S. The van der Waals surface area contributed by atoms with Gasteiger partial charge in [-0.05, 0) is 36.1 Å². The van der Waals surface area contributed by atoms with Crippen LogP contribution in [0.3, 0.4) is 0 Å². The van der Waals surface area contributed by atoms with Gasteiger partial charge in [-0.3, -0.25) is 4.79 Å². The number of hydrogen-bond acceptors (Lipinski definition) is 3. The van der Waals surface area contributed by atoms with Gasteiger partial charge in [0, 0.05) is 6.26 Å². The van der Waals surface area contributed by atoms with Crippen molar-refractivity contribution in [3.63, 3.8) is 0 Å². The van der Waals surface area contributed by atoms with Crippen LogP contribution in [-0.2, 0) is 27.5 Å². The number of rotatable bonds is 7. The van der Waals surface area contributed by atoms with Crippen molar-refractivity contribution < 1.29 is 13.2 Å². The predicted molar refractivity (Wildman–Crippen MR) is 96.9 cm³/mol. The maximum absolute atomic E-state index is 12.2. The zero-order valence-corrected chi connectivity index (χ0v) is 14.9. The van der Waals surface area contributed by atoms with Gasteiger partial charge in [-0.1, -0.05) is 49.7 Å². The molecule has 0 heterocycles. The summed E-state index contributed by atoms with van der Waals surface area (Å²) in [6, 6.07) is 14.4. The number of unbranched alkanes of at least 4 members (excludes halogenated alkanes) is 1. The molecule has 0 radical (unpaired) electrons. The van der Waals surface area contributed by atoms with E-state index in [0.29, 0.717) is 5.69 Å². The van der Waals surface area contributed by atoms with E-state index in [0.717, 1.165) is 31.1 Å². The molecule has 0 saturated heterocycles. The van der Waals surface area contributed by atoms with Crippen molar-refractivity contribution in [1.82, 2.24) is 0 Å². The summed E-state index contributed by atoms with van der Waals surface area (Å²) in [5, 5.41) is 2.70. The fraction of sp³-hybridized carbons (Fsp3) is 0.316. The van der Waals surface area contributed by atoms with E-state index in [4.69, 9.17) is 0 Å². The Bertz CT molecular complexity index is 796. The van der Waals surface area contributed by atoms with E-state index in [1.165, 1.54) is 11.6 Å². The number of sulfone groups is 1. The summed E-state index contributed by atoms with van der Waals surface area (Å²) in [6.45, 7) is 2.16. The van der Waals surface area contributed by atoms with Gasteiger partial charge in [-0.2, -0.15) is 0 Å². The second kappa shape index (κ2) is 8.11. The Morgan fingerprint density at radius 3 is 2.25 bits per heavy atom. The average molecular weight is 345 g/mol. The Labute approximate surface area is 143 Å². The molecule has 1 amide bonds. The zero-order valence-electron chi connectivity index (χ0n) is 14.1. The highest BCUT2D eigenvalue weighted by Gasteiger charge is 2.14. The molecule has 2 rings (SSSR count). The van der Waals surface area contributed by atoms with Gasteiger partial charge in [0.25, 0.3) is 0 Å². The highest BCUT2D eigenvalue weighted by molar-refractivity contribution is 7.90. The van der Waals surface area contributed by atoms with Gasteiger partial charge in [-0.25, -0.2) is 8.42 Å². The third-order valence-corrected chi connectivity index (χ3v) is 4.92. The molecular weight excluding hydrogens is 322 g/mol. The third-order valence-electron chi connectivity index (χ3n) is 3.77. The maximum atomic E-state index is 12.2. The van der Waals surface area contributed by atoms with E-state index >= 15 is 0 Å². The standard InChI is InChI=1S/C19H23NO3S/c1-3-4-7-15-10-12-16(13-11-15)14-19(21)20-17-8-5-6-9-18(17)24(2,22)23/h5-6,8-13H,3-4,7,14H2,1-2H3,(H,20,21). The van der Waals surface area contributed by atoms with Crippen LogP contribution in [0.5, 0.6) is 0 Å². The van der Waals surface area contributed by atoms with Crippen molar-refractivity contribution >= 4 is 21.4 Å². The smallest absolute Gasteiger partial charge is 0.228 e. The molecule has 2 aromatic rings. The number of carbonyl (C=O) groups is 1. The number of aryl methyl sites for hydroxylation is 1. The first-order valence-corrected chi connectivity index (χ1v) is 9.96. The fourth-order valence-corrected chi connectivity index (χ4v) is 3.32.